The Kier molecular flexibility index (Phi) is 5.72. The number of amides is 1. The van der Waals surface area contributed by atoms with Crippen molar-refractivity contribution in [1.29, 1.82) is 5.26 Å². The van der Waals surface area contributed by atoms with E-state index in [1.807, 2.05) is 0 Å². The van der Waals surface area contributed by atoms with E-state index < -0.39 is 4.92 Å². The lowest BCUT2D eigenvalue weighted by atomic mass is 10.1. The Labute approximate surface area is 137 Å². The fourth-order valence-electron chi connectivity index (χ4n) is 1.81. The lowest BCUT2D eigenvalue weighted by Gasteiger charge is -2.06. The van der Waals surface area contributed by atoms with Crippen molar-refractivity contribution in [3.05, 3.63) is 64.2 Å². The van der Waals surface area contributed by atoms with E-state index in [0.717, 1.165) is 10.5 Å². The summed E-state index contributed by atoms with van der Waals surface area (Å²) in [6.45, 7) is 0. The number of carbonyl (C=O) groups is 1. The second-order valence-electron chi connectivity index (χ2n) is 4.62. The molecule has 7 heteroatoms. The first-order valence-corrected chi connectivity index (χ1v) is 7.70. The number of non-ortho nitro benzene ring substituents is 1. The van der Waals surface area contributed by atoms with Crippen molar-refractivity contribution in [2.45, 2.75) is 11.3 Å². The Bertz CT molecular complexity index is 737. The zero-order valence-electron chi connectivity index (χ0n) is 12.1. The monoisotopic (exact) mass is 327 g/mol. The summed E-state index contributed by atoms with van der Waals surface area (Å²) in [7, 11) is 0. The summed E-state index contributed by atoms with van der Waals surface area (Å²) in [4.78, 5) is 22.8. The highest BCUT2D eigenvalue weighted by molar-refractivity contribution is 8.00. The van der Waals surface area contributed by atoms with Gasteiger partial charge in [-0.2, -0.15) is 5.26 Å². The third kappa shape index (κ3) is 5.13. The van der Waals surface area contributed by atoms with E-state index in [-0.39, 0.29) is 17.3 Å². The standard InChI is InChI=1S/C16H13N3O3S/c17-10-9-12-1-3-13(4-2-12)18-16(20)11-23-15-7-5-14(6-8-15)19(21)22/h1-8H,9,11H2,(H,18,20). The molecule has 2 aromatic rings. The molecule has 0 aromatic heterocycles. The van der Waals surface area contributed by atoms with Crippen molar-refractivity contribution in [1.82, 2.24) is 0 Å². The first kappa shape index (κ1) is 16.5. The number of rotatable bonds is 6. The van der Waals surface area contributed by atoms with E-state index in [2.05, 4.69) is 11.4 Å². The van der Waals surface area contributed by atoms with Gasteiger partial charge in [-0.1, -0.05) is 12.1 Å². The minimum absolute atomic E-state index is 0.0243. The normalized spacial score (nSPS) is 9.87. The number of nitro benzene ring substituents is 1. The molecule has 0 atom stereocenters. The van der Waals surface area contributed by atoms with Gasteiger partial charge in [-0.25, -0.2) is 0 Å². The van der Waals surface area contributed by atoms with Crippen LogP contribution in [-0.4, -0.2) is 16.6 Å². The van der Waals surface area contributed by atoms with Crippen LogP contribution in [0, 0.1) is 21.4 Å². The van der Waals surface area contributed by atoms with E-state index >= 15 is 0 Å². The van der Waals surface area contributed by atoms with Crippen molar-refractivity contribution in [3.8, 4) is 6.07 Å². The van der Waals surface area contributed by atoms with Crippen LogP contribution < -0.4 is 5.32 Å². The Hall–Kier alpha value is -2.85. The maximum Gasteiger partial charge on any atom is 0.269 e. The Morgan fingerprint density at radius 3 is 2.39 bits per heavy atom. The van der Waals surface area contributed by atoms with E-state index in [1.54, 1.807) is 36.4 Å². The second kappa shape index (κ2) is 7.96. The summed E-state index contributed by atoms with van der Waals surface area (Å²) >= 11 is 1.30. The molecule has 1 N–H and O–H groups in total. The summed E-state index contributed by atoms with van der Waals surface area (Å²) in [5, 5.41) is 21.9. The van der Waals surface area contributed by atoms with E-state index in [0.29, 0.717) is 12.1 Å². The molecule has 0 spiro atoms. The second-order valence-corrected chi connectivity index (χ2v) is 5.67. The summed E-state index contributed by atoms with van der Waals surface area (Å²) in [6, 6.07) is 15.2. The number of nitro groups is 1. The molecule has 116 valence electrons. The average Bonchev–Trinajstić information content (AvgIpc) is 2.55. The highest BCUT2D eigenvalue weighted by Gasteiger charge is 2.07. The molecular weight excluding hydrogens is 314 g/mol. The quantitative estimate of drug-likeness (QED) is 0.498. The van der Waals surface area contributed by atoms with Crippen LogP contribution in [0.5, 0.6) is 0 Å². The number of anilines is 1. The fourth-order valence-corrected chi connectivity index (χ4v) is 2.51. The van der Waals surface area contributed by atoms with Gasteiger partial charge in [-0.05, 0) is 29.8 Å². The minimum Gasteiger partial charge on any atom is -0.325 e. The van der Waals surface area contributed by atoms with Gasteiger partial charge in [-0.3, -0.25) is 14.9 Å². The van der Waals surface area contributed by atoms with Crippen LogP contribution in [0.1, 0.15) is 5.56 Å². The number of nitrogens with zero attached hydrogens (tertiary/aromatic N) is 2. The largest absolute Gasteiger partial charge is 0.325 e. The molecule has 0 unspecified atom stereocenters. The third-order valence-corrected chi connectivity index (χ3v) is 3.95. The lowest BCUT2D eigenvalue weighted by Crippen LogP contribution is -2.13. The van der Waals surface area contributed by atoms with Gasteiger partial charge >= 0.3 is 0 Å². The smallest absolute Gasteiger partial charge is 0.269 e. The van der Waals surface area contributed by atoms with Gasteiger partial charge in [0.1, 0.15) is 0 Å². The molecule has 0 saturated heterocycles. The third-order valence-electron chi connectivity index (χ3n) is 2.94. The van der Waals surface area contributed by atoms with Gasteiger partial charge < -0.3 is 5.32 Å². The van der Waals surface area contributed by atoms with Gasteiger partial charge in [0.15, 0.2) is 0 Å². The number of carbonyl (C=O) groups excluding carboxylic acids is 1. The number of nitriles is 1. The van der Waals surface area contributed by atoms with Crippen LogP contribution >= 0.6 is 11.8 Å². The van der Waals surface area contributed by atoms with E-state index in [4.69, 9.17) is 5.26 Å². The lowest BCUT2D eigenvalue weighted by molar-refractivity contribution is -0.384. The molecule has 2 aromatic carbocycles. The summed E-state index contributed by atoms with van der Waals surface area (Å²) in [6.07, 6.45) is 0.338. The topological polar surface area (TPSA) is 96.0 Å². The number of hydrogen-bond acceptors (Lipinski definition) is 5. The highest BCUT2D eigenvalue weighted by atomic mass is 32.2. The minimum atomic E-state index is -0.461. The number of thioether (sulfide) groups is 1. The first-order chi connectivity index (χ1) is 11.1. The molecule has 0 aliphatic carbocycles. The van der Waals surface area contributed by atoms with Gasteiger partial charge in [0.25, 0.3) is 5.69 Å². The maximum atomic E-state index is 11.9. The van der Waals surface area contributed by atoms with Crippen molar-refractivity contribution >= 4 is 29.0 Å². The molecule has 0 aliphatic heterocycles. The van der Waals surface area contributed by atoms with Crippen LogP contribution in [0.15, 0.2) is 53.4 Å². The van der Waals surface area contributed by atoms with Crippen LogP contribution in [0.25, 0.3) is 0 Å². The zero-order chi connectivity index (χ0) is 16.7. The molecule has 0 radical (unpaired) electrons. The molecule has 0 bridgehead atoms. The molecule has 0 heterocycles. The molecule has 2 rings (SSSR count). The molecule has 23 heavy (non-hydrogen) atoms. The molecular formula is C16H13N3O3S. The van der Waals surface area contributed by atoms with Crippen molar-refractivity contribution in [2.75, 3.05) is 11.1 Å². The van der Waals surface area contributed by atoms with Gasteiger partial charge in [0.05, 0.1) is 23.2 Å². The summed E-state index contributed by atoms with van der Waals surface area (Å²) in [5.41, 5.74) is 1.59. The number of nitrogens with one attached hydrogen (secondary N) is 1. The molecule has 0 aliphatic rings. The predicted molar refractivity (Wildman–Crippen MR) is 88.2 cm³/mol. The SMILES string of the molecule is N#CCc1ccc(NC(=O)CSc2ccc([N+](=O)[O-])cc2)cc1. The number of hydrogen-bond donors (Lipinski definition) is 1. The molecule has 1 amide bonds. The zero-order valence-corrected chi connectivity index (χ0v) is 12.9. The van der Waals surface area contributed by atoms with E-state index in [9.17, 15) is 14.9 Å². The van der Waals surface area contributed by atoms with Crippen LogP contribution in [0.4, 0.5) is 11.4 Å². The first-order valence-electron chi connectivity index (χ1n) is 6.71. The Morgan fingerprint density at radius 1 is 1.17 bits per heavy atom. The van der Waals surface area contributed by atoms with Crippen LogP contribution in [-0.2, 0) is 11.2 Å². The van der Waals surface area contributed by atoms with Crippen LogP contribution in [0.3, 0.4) is 0 Å². The Morgan fingerprint density at radius 2 is 1.83 bits per heavy atom. The fraction of sp³-hybridized carbons (Fsp3) is 0.125. The predicted octanol–water partition coefficient (Wildman–Crippen LogP) is 3.39. The maximum absolute atomic E-state index is 11.9. The molecule has 6 nitrogen and oxygen atoms in total. The molecule has 0 saturated carbocycles. The van der Waals surface area contributed by atoms with Gasteiger partial charge in [0, 0.05) is 22.7 Å². The van der Waals surface area contributed by atoms with Gasteiger partial charge in [0.2, 0.25) is 5.91 Å². The summed E-state index contributed by atoms with van der Waals surface area (Å²) < 4.78 is 0. The summed E-state index contributed by atoms with van der Waals surface area (Å²) in [5.74, 6) is 0.0407. The highest BCUT2D eigenvalue weighted by Crippen LogP contribution is 2.21. The number of benzene rings is 2. The van der Waals surface area contributed by atoms with Crippen molar-refractivity contribution < 1.29 is 9.72 Å². The molecule has 0 fully saturated rings. The average molecular weight is 327 g/mol. The van der Waals surface area contributed by atoms with Crippen LogP contribution in [0.2, 0.25) is 0 Å². The van der Waals surface area contributed by atoms with Crippen molar-refractivity contribution in [3.63, 3.8) is 0 Å². The van der Waals surface area contributed by atoms with Crippen molar-refractivity contribution in [2.24, 2.45) is 0 Å². The van der Waals surface area contributed by atoms with Gasteiger partial charge in [-0.15, -0.1) is 11.8 Å². The van der Waals surface area contributed by atoms with E-state index in [1.165, 1.54) is 23.9 Å². The Balaban J connectivity index is 1.85.